The van der Waals surface area contributed by atoms with Gasteiger partial charge in [-0.2, -0.15) is 0 Å². The number of carbonyl (C=O) groups is 2. The summed E-state index contributed by atoms with van der Waals surface area (Å²) < 4.78 is 5.07. The second-order valence-electron chi connectivity index (χ2n) is 2.87. The Hall–Kier alpha value is -2.24. The average molecular weight is 223 g/mol. The molecule has 0 heterocycles. The van der Waals surface area contributed by atoms with Crippen molar-refractivity contribution in [3.8, 4) is 5.75 Å². The minimum atomic E-state index is -0.694. The highest BCUT2D eigenvalue weighted by Gasteiger charge is 2.18. The molecular formula is C10H9NO5. The summed E-state index contributed by atoms with van der Waals surface area (Å²) >= 11 is 0. The van der Waals surface area contributed by atoms with Crippen LogP contribution in [0.5, 0.6) is 5.75 Å². The van der Waals surface area contributed by atoms with E-state index < -0.39 is 4.92 Å². The summed E-state index contributed by atoms with van der Waals surface area (Å²) in [7, 11) is 0. The fraction of sp³-hybridized carbons (Fsp3) is 0.200. The Bertz CT molecular complexity index is 441. The van der Waals surface area contributed by atoms with Crippen molar-refractivity contribution in [3.05, 3.63) is 33.4 Å². The lowest BCUT2D eigenvalue weighted by Gasteiger charge is -2.06. The number of benzene rings is 1. The molecule has 0 saturated heterocycles. The number of aldehydes is 2. The molecule has 0 fully saturated rings. The van der Waals surface area contributed by atoms with Crippen molar-refractivity contribution in [3.63, 3.8) is 0 Å². The Morgan fingerprint density at radius 3 is 2.38 bits per heavy atom. The second-order valence-corrected chi connectivity index (χ2v) is 2.87. The monoisotopic (exact) mass is 223 g/mol. The Kier molecular flexibility index (Phi) is 3.71. The standard InChI is InChI=1S/C10H9NO5/c1-2-16-10-4-9(11(14)15)7(5-12)3-8(10)6-13/h3-6H,2H2,1H3. The lowest BCUT2D eigenvalue weighted by Crippen LogP contribution is -2.01. The molecular weight excluding hydrogens is 214 g/mol. The van der Waals surface area contributed by atoms with Crippen molar-refractivity contribution >= 4 is 18.3 Å². The molecule has 1 aromatic carbocycles. The number of nitrogens with zero attached hydrogens (tertiary/aromatic N) is 1. The highest BCUT2D eigenvalue weighted by Crippen LogP contribution is 2.27. The molecule has 0 radical (unpaired) electrons. The summed E-state index contributed by atoms with van der Waals surface area (Å²) in [6, 6.07) is 2.22. The largest absolute Gasteiger partial charge is 0.493 e. The van der Waals surface area contributed by atoms with Gasteiger partial charge in [-0.3, -0.25) is 19.7 Å². The van der Waals surface area contributed by atoms with Gasteiger partial charge in [0.25, 0.3) is 5.69 Å². The summed E-state index contributed by atoms with van der Waals surface area (Å²) in [4.78, 5) is 31.2. The van der Waals surface area contributed by atoms with Gasteiger partial charge in [0.2, 0.25) is 0 Å². The van der Waals surface area contributed by atoms with Gasteiger partial charge in [-0.1, -0.05) is 0 Å². The van der Waals surface area contributed by atoms with Gasteiger partial charge in [0.1, 0.15) is 5.75 Å². The van der Waals surface area contributed by atoms with Crippen LogP contribution in [0.15, 0.2) is 12.1 Å². The number of nitro groups is 1. The van der Waals surface area contributed by atoms with Crippen molar-refractivity contribution in [2.45, 2.75) is 6.92 Å². The Morgan fingerprint density at radius 2 is 1.94 bits per heavy atom. The van der Waals surface area contributed by atoms with Crippen molar-refractivity contribution in [2.75, 3.05) is 6.61 Å². The molecule has 0 saturated carbocycles. The zero-order valence-corrected chi connectivity index (χ0v) is 8.50. The van der Waals surface area contributed by atoms with E-state index in [9.17, 15) is 19.7 Å². The normalized spacial score (nSPS) is 9.56. The van der Waals surface area contributed by atoms with Gasteiger partial charge in [0.15, 0.2) is 12.6 Å². The number of hydrogen-bond acceptors (Lipinski definition) is 5. The molecule has 0 spiro atoms. The number of ether oxygens (including phenoxy) is 1. The molecule has 0 aromatic heterocycles. The zero-order valence-electron chi connectivity index (χ0n) is 8.50. The molecule has 0 bridgehead atoms. The first-order valence-electron chi connectivity index (χ1n) is 4.49. The Balaban J connectivity index is 3.39. The van der Waals surface area contributed by atoms with Crippen LogP contribution in [0.1, 0.15) is 27.6 Å². The summed E-state index contributed by atoms with van der Waals surface area (Å²) in [5.41, 5.74) is -0.394. The maximum atomic E-state index is 10.7. The SMILES string of the molecule is CCOc1cc([N+](=O)[O-])c(C=O)cc1C=O. The van der Waals surface area contributed by atoms with Gasteiger partial charge in [0.05, 0.1) is 28.7 Å². The topological polar surface area (TPSA) is 86.5 Å². The first-order valence-corrected chi connectivity index (χ1v) is 4.49. The summed E-state index contributed by atoms with van der Waals surface area (Å²) in [6.07, 6.45) is 0.822. The van der Waals surface area contributed by atoms with Crippen LogP contribution in [0.4, 0.5) is 5.69 Å². The minimum absolute atomic E-state index is 0.106. The van der Waals surface area contributed by atoms with Crippen LogP contribution in [-0.4, -0.2) is 24.1 Å². The average Bonchev–Trinajstić information content (AvgIpc) is 2.28. The quantitative estimate of drug-likeness (QED) is 0.430. The molecule has 0 N–H and O–H groups in total. The fourth-order valence-electron chi connectivity index (χ4n) is 1.23. The number of nitro benzene ring substituents is 1. The Morgan fingerprint density at radius 1 is 1.31 bits per heavy atom. The van der Waals surface area contributed by atoms with Crippen LogP contribution in [0.2, 0.25) is 0 Å². The first-order chi connectivity index (χ1) is 7.63. The predicted octanol–water partition coefficient (Wildman–Crippen LogP) is 1.62. The smallest absolute Gasteiger partial charge is 0.283 e. The van der Waals surface area contributed by atoms with Gasteiger partial charge in [-0.15, -0.1) is 0 Å². The van der Waals surface area contributed by atoms with Crippen LogP contribution < -0.4 is 4.74 Å². The van der Waals surface area contributed by atoms with E-state index in [2.05, 4.69) is 0 Å². The van der Waals surface area contributed by atoms with Crippen LogP contribution in [-0.2, 0) is 0 Å². The van der Waals surface area contributed by atoms with Gasteiger partial charge in [-0.05, 0) is 13.0 Å². The highest BCUT2D eigenvalue weighted by atomic mass is 16.6. The maximum absolute atomic E-state index is 10.7. The molecule has 6 heteroatoms. The molecule has 0 aliphatic heterocycles. The highest BCUT2D eigenvalue weighted by molar-refractivity contribution is 5.89. The lowest BCUT2D eigenvalue weighted by molar-refractivity contribution is -0.385. The third-order valence-corrected chi connectivity index (χ3v) is 1.91. The predicted molar refractivity (Wildman–Crippen MR) is 55.0 cm³/mol. The fourth-order valence-corrected chi connectivity index (χ4v) is 1.23. The van der Waals surface area contributed by atoms with Crippen molar-refractivity contribution in [1.29, 1.82) is 0 Å². The van der Waals surface area contributed by atoms with E-state index in [0.29, 0.717) is 12.6 Å². The second kappa shape index (κ2) is 5.01. The van der Waals surface area contributed by atoms with Gasteiger partial charge < -0.3 is 4.74 Å². The van der Waals surface area contributed by atoms with E-state index in [0.717, 1.165) is 12.1 Å². The van der Waals surface area contributed by atoms with E-state index in [1.165, 1.54) is 0 Å². The Labute approximate surface area is 91.0 Å². The van der Waals surface area contributed by atoms with E-state index in [1.807, 2.05) is 0 Å². The summed E-state index contributed by atoms with van der Waals surface area (Å²) in [5.74, 6) is 0.106. The first kappa shape index (κ1) is 11.8. The van der Waals surface area contributed by atoms with E-state index >= 15 is 0 Å². The molecule has 0 aliphatic carbocycles. The molecule has 0 aliphatic rings. The molecule has 0 atom stereocenters. The molecule has 1 aromatic rings. The zero-order chi connectivity index (χ0) is 12.1. The molecule has 6 nitrogen and oxygen atoms in total. The van der Waals surface area contributed by atoms with Crippen LogP contribution >= 0.6 is 0 Å². The third kappa shape index (κ3) is 2.22. The number of hydrogen-bond donors (Lipinski definition) is 0. The van der Waals surface area contributed by atoms with Crippen molar-refractivity contribution < 1.29 is 19.2 Å². The number of carbonyl (C=O) groups excluding carboxylic acids is 2. The van der Waals surface area contributed by atoms with Gasteiger partial charge in [-0.25, -0.2) is 0 Å². The van der Waals surface area contributed by atoms with Crippen LogP contribution in [0, 0.1) is 10.1 Å². The third-order valence-electron chi connectivity index (χ3n) is 1.91. The van der Waals surface area contributed by atoms with Gasteiger partial charge >= 0.3 is 0 Å². The molecule has 16 heavy (non-hydrogen) atoms. The summed E-state index contributed by atoms with van der Waals surface area (Å²) in [5, 5.41) is 10.6. The van der Waals surface area contributed by atoms with Gasteiger partial charge in [0, 0.05) is 0 Å². The van der Waals surface area contributed by atoms with E-state index in [4.69, 9.17) is 4.74 Å². The van der Waals surface area contributed by atoms with Crippen LogP contribution in [0.3, 0.4) is 0 Å². The maximum Gasteiger partial charge on any atom is 0.283 e. The summed E-state index contributed by atoms with van der Waals surface area (Å²) in [6.45, 7) is 1.96. The molecule has 84 valence electrons. The minimum Gasteiger partial charge on any atom is -0.493 e. The van der Waals surface area contributed by atoms with Crippen molar-refractivity contribution in [2.24, 2.45) is 0 Å². The molecule has 0 unspecified atom stereocenters. The van der Waals surface area contributed by atoms with Crippen molar-refractivity contribution in [1.82, 2.24) is 0 Å². The van der Waals surface area contributed by atoms with E-state index in [1.54, 1.807) is 6.92 Å². The molecule has 1 rings (SSSR count). The number of rotatable bonds is 5. The molecule has 0 amide bonds. The van der Waals surface area contributed by atoms with E-state index in [-0.39, 0.29) is 29.2 Å². The lowest BCUT2D eigenvalue weighted by atomic mass is 10.1. The van der Waals surface area contributed by atoms with Crippen LogP contribution in [0.25, 0.3) is 0 Å².